The van der Waals surface area contributed by atoms with Crippen molar-refractivity contribution in [2.45, 2.75) is 26.4 Å². The first-order chi connectivity index (χ1) is 11.8. The zero-order valence-electron chi connectivity index (χ0n) is 13.5. The predicted molar refractivity (Wildman–Crippen MR) is 92.7 cm³/mol. The van der Waals surface area contributed by atoms with E-state index in [1.54, 1.807) is 6.20 Å². The largest absolute Gasteiger partial charge is 0.392 e. The van der Waals surface area contributed by atoms with Crippen LogP contribution in [0.25, 0.3) is 11.4 Å². The molecule has 3 rings (SSSR count). The average molecular weight is 321 g/mol. The molecule has 0 spiro atoms. The molecule has 0 radical (unpaired) electrons. The van der Waals surface area contributed by atoms with Crippen LogP contribution in [0.2, 0.25) is 0 Å². The van der Waals surface area contributed by atoms with Gasteiger partial charge in [-0.25, -0.2) is 9.97 Å². The molecular weight excluding hydrogens is 302 g/mol. The fraction of sp³-hybridized carbons (Fsp3) is 0.222. The van der Waals surface area contributed by atoms with E-state index in [0.717, 1.165) is 35.3 Å². The fourth-order valence-corrected chi connectivity index (χ4v) is 2.38. The van der Waals surface area contributed by atoms with Crippen LogP contribution in [0.15, 0.2) is 48.9 Å². The first-order valence-corrected chi connectivity index (χ1v) is 7.89. The van der Waals surface area contributed by atoms with Crippen LogP contribution in [-0.4, -0.2) is 25.0 Å². The summed E-state index contributed by atoms with van der Waals surface area (Å²) in [5, 5.41) is 12.4. The number of aryl methyl sites for hydroxylation is 1. The maximum atomic E-state index is 9.22. The smallest absolute Gasteiger partial charge is 0.230 e. The average Bonchev–Trinajstić information content (AvgIpc) is 2.63. The Bertz CT molecular complexity index is 822. The van der Waals surface area contributed by atoms with Gasteiger partial charge in [0.05, 0.1) is 6.61 Å². The van der Waals surface area contributed by atoms with Gasteiger partial charge in [-0.2, -0.15) is 4.98 Å². The van der Waals surface area contributed by atoms with E-state index in [1.807, 2.05) is 36.4 Å². The summed E-state index contributed by atoms with van der Waals surface area (Å²) in [7, 11) is 0. The van der Waals surface area contributed by atoms with Crippen LogP contribution < -0.4 is 5.32 Å². The summed E-state index contributed by atoms with van der Waals surface area (Å²) in [6.45, 7) is 2.12. The molecule has 0 aliphatic rings. The van der Waals surface area contributed by atoms with Crippen LogP contribution >= 0.6 is 0 Å². The van der Waals surface area contributed by atoms with Crippen LogP contribution in [0.5, 0.6) is 0 Å². The van der Waals surface area contributed by atoms with Gasteiger partial charge in [-0.15, -0.1) is 0 Å². The summed E-state index contributed by atoms with van der Waals surface area (Å²) in [5.74, 6) is 1.06. The number of hydrogen-bond donors (Lipinski definition) is 2. The van der Waals surface area contributed by atoms with E-state index in [4.69, 9.17) is 0 Å². The van der Waals surface area contributed by atoms with Crippen LogP contribution in [0.3, 0.4) is 0 Å². The third-order valence-electron chi connectivity index (χ3n) is 3.52. The molecule has 0 bridgehead atoms. The number of benzene rings is 1. The topological polar surface area (TPSA) is 83.8 Å². The second-order valence-electron chi connectivity index (χ2n) is 5.40. The first kappa shape index (κ1) is 16.0. The molecule has 2 N–H and O–H groups in total. The Hall–Kier alpha value is -2.86. The monoisotopic (exact) mass is 321 g/mol. The normalized spacial score (nSPS) is 10.6. The molecule has 6 heteroatoms. The Morgan fingerprint density at radius 3 is 2.83 bits per heavy atom. The van der Waals surface area contributed by atoms with Crippen molar-refractivity contribution in [2.24, 2.45) is 0 Å². The lowest BCUT2D eigenvalue weighted by atomic mass is 10.1. The maximum absolute atomic E-state index is 9.22. The number of aliphatic hydroxyl groups is 1. The van der Waals surface area contributed by atoms with Crippen LogP contribution in [0.1, 0.15) is 24.6 Å². The van der Waals surface area contributed by atoms with Crippen LogP contribution in [0, 0.1) is 0 Å². The molecule has 6 nitrogen and oxygen atoms in total. The van der Waals surface area contributed by atoms with E-state index in [-0.39, 0.29) is 6.61 Å². The highest BCUT2D eigenvalue weighted by Gasteiger charge is 2.06. The molecule has 1 aromatic carbocycles. The molecule has 0 aliphatic heterocycles. The zero-order chi connectivity index (χ0) is 16.8. The highest BCUT2D eigenvalue weighted by Crippen LogP contribution is 2.19. The molecular formula is C18H19N5O. The van der Waals surface area contributed by atoms with Crippen molar-refractivity contribution < 1.29 is 5.11 Å². The minimum atomic E-state index is -0.00477. The molecule has 2 heterocycles. The van der Waals surface area contributed by atoms with Crippen molar-refractivity contribution in [1.82, 2.24) is 19.9 Å². The molecule has 0 atom stereocenters. The number of nitrogens with zero attached hydrogens (tertiary/aromatic N) is 4. The van der Waals surface area contributed by atoms with Gasteiger partial charge >= 0.3 is 0 Å². The summed E-state index contributed by atoms with van der Waals surface area (Å²) in [6, 6.07) is 11.4. The lowest BCUT2D eigenvalue weighted by Crippen LogP contribution is -2.01. The number of rotatable bonds is 6. The van der Waals surface area contributed by atoms with Gasteiger partial charge < -0.3 is 10.4 Å². The van der Waals surface area contributed by atoms with Gasteiger partial charge in [-0.3, -0.25) is 4.98 Å². The van der Waals surface area contributed by atoms with Crippen LogP contribution in [-0.2, 0) is 13.0 Å². The van der Waals surface area contributed by atoms with Crippen molar-refractivity contribution >= 4 is 11.6 Å². The molecule has 122 valence electrons. The van der Waals surface area contributed by atoms with Gasteiger partial charge in [-0.05, 0) is 36.2 Å². The molecule has 3 aromatic rings. The van der Waals surface area contributed by atoms with E-state index in [9.17, 15) is 5.11 Å². The highest BCUT2D eigenvalue weighted by atomic mass is 16.3. The van der Waals surface area contributed by atoms with Crippen molar-refractivity contribution in [2.75, 3.05) is 5.32 Å². The number of anilines is 2. The standard InChI is InChI=1S/C18H19N5O/c1-2-4-15-10-14(7-8-19-15)17-20-12-21-18(23-17)22-16-6-3-5-13(9-16)11-24/h3,5-10,12,24H,2,4,11H2,1H3,(H,20,21,22,23). The van der Waals surface area contributed by atoms with Gasteiger partial charge in [0, 0.05) is 23.1 Å². The zero-order valence-corrected chi connectivity index (χ0v) is 13.5. The number of aliphatic hydroxyl groups excluding tert-OH is 1. The molecule has 0 amide bonds. The summed E-state index contributed by atoms with van der Waals surface area (Å²) in [4.78, 5) is 17.2. The molecule has 2 aromatic heterocycles. The Labute approximate surface area is 140 Å². The number of aromatic nitrogens is 4. The van der Waals surface area contributed by atoms with Gasteiger partial charge in [0.25, 0.3) is 0 Å². The number of pyridine rings is 1. The summed E-state index contributed by atoms with van der Waals surface area (Å²) in [5.41, 5.74) is 3.59. The Balaban J connectivity index is 1.84. The van der Waals surface area contributed by atoms with Gasteiger partial charge in [0.2, 0.25) is 5.95 Å². The van der Waals surface area contributed by atoms with Gasteiger partial charge in [0.1, 0.15) is 6.33 Å². The number of hydrogen-bond acceptors (Lipinski definition) is 6. The predicted octanol–water partition coefficient (Wildman–Crippen LogP) is 3.12. The highest BCUT2D eigenvalue weighted by molar-refractivity contribution is 5.59. The molecule has 24 heavy (non-hydrogen) atoms. The van der Waals surface area contributed by atoms with E-state index >= 15 is 0 Å². The summed E-state index contributed by atoms with van der Waals surface area (Å²) < 4.78 is 0. The SMILES string of the molecule is CCCc1cc(-c2ncnc(Nc3cccc(CO)c3)n2)ccn1. The maximum Gasteiger partial charge on any atom is 0.230 e. The van der Waals surface area contributed by atoms with Crippen molar-refractivity contribution in [3.8, 4) is 11.4 Å². The van der Waals surface area contributed by atoms with Crippen molar-refractivity contribution in [3.05, 3.63) is 60.2 Å². The quantitative estimate of drug-likeness (QED) is 0.726. The molecule has 0 aliphatic carbocycles. The summed E-state index contributed by atoms with van der Waals surface area (Å²) >= 11 is 0. The fourth-order valence-electron chi connectivity index (χ4n) is 2.38. The minimum Gasteiger partial charge on any atom is -0.392 e. The van der Waals surface area contributed by atoms with Gasteiger partial charge in [0.15, 0.2) is 5.82 Å². The van der Waals surface area contributed by atoms with Crippen LogP contribution in [0.4, 0.5) is 11.6 Å². The second-order valence-corrected chi connectivity index (χ2v) is 5.40. The Morgan fingerprint density at radius 2 is 2.00 bits per heavy atom. The van der Waals surface area contributed by atoms with E-state index < -0.39 is 0 Å². The van der Waals surface area contributed by atoms with E-state index in [0.29, 0.717) is 11.8 Å². The second kappa shape index (κ2) is 7.61. The van der Waals surface area contributed by atoms with Crippen molar-refractivity contribution in [3.63, 3.8) is 0 Å². The molecule has 0 saturated carbocycles. The number of nitrogens with one attached hydrogen (secondary N) is 1. The molecule has 0 fully saturated rings. The lowest BCUT2D eigenvalue weighted by Gasteiger charge is -2.07. The van der Waals surface area contributed by atoms with Crippen molar-refractivity contribution in [1.29, 1.82) is 0 Å². The third kappa shape index (κ3) is 3.91. The lowest BCUT2D eigenvalue weighted by molar-refractivity contribution is 0.282. The Morgan fingerprint density at radius 1 is 1.08 bits per heavy atom. The van der Waals surface area contributed by atoms with E-state index in [1.165, 1.54) is 6.33 Å². The third-order valence-corrected chi connectivity index (χ3v) is 3.52. The minimum absolute atomic E-state index is 0.00477. The van der Waals surface area contributed by atoms with Gasteiger partial charge in [-0.1, -0.05) is 25.5 Å². The van der Waals surface area contributed by atoms with E-state index in [2.05, 4.69) is 32.2 Å². The molecule has 0 unspecified atom stereocenters. The molecule has 0 saturated heterocycles. The Kier molecular flexibility index (Phi) is 5.08. The summed E-state index contributed by atoms with van der Waals surface area (Å²) in [6.07, 6.45) is 5.24. The first-order valence-electron chi connectivity index (χ1n) is 7.89.